The molecule has 2 nitrogen and oxygen atoms in total. The second-order valence-electron chi connectivity index (χ2n) is 2.22. The van der Waals surface area contributed by atoms with E-state index in [9.17, 15) is 0 Å². The summed E-state index contributed by atoms with van der Waals surface area (Å²) >= 11 is 8.93. The number of hydrogen-bond acceptors (Lipinski definition) is 4. The third-order valence-corrected chi connectivity index (χ3v) is 1.34. The maximum atomic E-state index is 4.70. The molecule has 0 aromatic rings. The fourth-order valence-electron chi connectivity index (χ4n) is 0.678. The van der Waals surface area contributed by atoms with Gasteiger partial charge in [0.1, 0.15) is 0 Å². The first-order valence-corrected chi connectivity index (χ1v) is 4.59. The minimum Gasteiger partial charge on any atom is -0.387 e. The van der Waals surface area contributed by atoms with Crippen LogP contribution in [0, 0.1) is 0 Å². The second-order valence-corrected chi connectivity index (χ2v) is 3.22. The normalized spacial score (nSPS) is 8.75. The second kappa shape index (κ2) is 12.7. The Labute approximate surface area is 128 Å². The Kier molecular flexibility index (Phi) is 17.1. The van der Waals surface area contributed by atoms with E-state index in [1.54, 1.807) is 0 Å². The molecule has 0 saturated heterocycles. The quantitative estimate of drug-likeness (QED) is 0.151. The van der Waals surface area contributed by atoms with Gasteiger partial charge in [-0.05, 0) is 6.42 Å². The van der Waals surface area contributed by atoms with E-state index in [-0.39, 0.29) is 55.8 Å². The number of rotatable bonds is 6. The van der Waals surface area contributed by atoms with E-state index in [1.165, 1.54) is 19.3 Å². The maximum absolute atomic E-state index is 4.70. The Morgan fingerprint density at radius 1 is 1.33 bits per heavy atom. The topological polar surface area (TPSA) is 18.5 Å². The van der Waals surface area contributed by atoms with Crippen LogP contribution in [0.25, 0.3) is 0 Å². The van der Waals surface area contributed by atoms with Crippen molar-refractivity contribution >= 4 is 29.2 Å². The summed E-state index contributed by atoms with van der Waals surface area (Å²) in [5.41, 5.74) is 0. The molecule has 0 atom stereocenters. The first-order chi connectivity index (χ1) is 5.27. The zero-order valence-electron chi connectivity index (χ0n) is 7.67. The smallest absolute Gasteiger partial charge is 0.387 e. The van der Waals surface area contributed by atoms with Crippen molar-refractivity contribution < 1.29 is 61.2 Å². The molecule has 0 rings (SSSR count). The maximum Gasteiger partial charge on any atom is 1.00 e. The van der Waals surface area contributed by atoms with Gasteiger partial charge in [-0.2, -0.15) is 4.89 Å². The third-order valence-electron chi connectivity index (χ3n) is 1.21. The van der Waals surface area contributed by atoms with E-state index in [1.807, 2.05) is 0 Å². The SMILES string of the molecule is CCCCCCOOC(=S)[S-].[K+]. The standard InChI is InChI=1S/C7H14O2S2.K/c1-2-3-4-5-6-8-9-7(10)11;/h2-6H2,1H3,(H,10,11);/q;+1/p-1. The average molecular weight is 232 g/mol. The first kappa shape index (κ1) is 16.1. The van der Waals surface area contributed by atoms with Crippen molar-refractivity contribution in [2.45, 2.75) is 32.6 Å². The molecular weight excluding hydrogens is 219 g/mol. The molecule has 0 spiro atoms. The molecule has 0 bridgehead atoms. The molecule has 0 saturated carbocycles. The van der Waals surface area contributed by atoms with E-state index in [0.29, 0.717) is 6.61 Å². The van der Waals surface area contributed by atoms with E-state index < -0.39 is 0 Å². The van der Waals surface area contributed by atoms with Gasteiger partial charge in [0.2, 0.25) is 0 Å². The van der Waals surface area contributed by atoms with Crippen molar-refractivity contribution in [3.8, 4) is 0 Å². The fourth-order valence-corrected chi connectivity index (χ4v) is 0.774. The Morgan fingerprint density at radius 2 is 2.00 bits per heavy atom. The largest absolute Gasteiger partial charge is 1.00 e. The monoisotopic (exact) mass is 232 g/mol. The molecule has 66 valence electrons. The van der Waals surface area contributed by atoms with Gasteiger partial charge in [-0.15, -0.1) is 0 Å². The van der Waals surface area contributed by atoms with Gasteiger partial charge >= 0.3 is 51.4 Å². The first-order valence-electron chi connectivity index (χ1n) is 3.77. The van der Waals surface area contributed by atoms with Crippen LogP contribution in [-0.2, 0) is 22.4 Å². The fraction of sp³-hybridized carbons (Fsp3) is 0.857. The van der Waals surface area contributed by atoms with Crippen LogP contribution in [0.5, 0.6) is 0 Å². The molecule has 0 fully saturated rings. The van der Waals surface area contributed by atoms with Gasteiger partial charge < -0.3 is 29.7 Å². The van der Waals surface area contributed by atoms with E-state index in [2.05, 4.69) is 36.7 Å². The van der Waals surface area contributed by atoms with Crippen molar-refractivity contribution in [3.63, 3.8) is 0 Å². The molecule has 12 heavy (non-hydrogen) atoms. The molecule has 5 heteroatoms. The molecule has 0 amide bonds. The summed E-state index contributed by atoms with van der Waals surface area (Å²) in [5.74, 6) is 0. The van der Waals surface area contributed by atoms with Crippen LogP contribution < -0.4 is 51.4 Å². The van der Waals surface area contributed by atoms with Crippen LogP contribution in [0.3, 0.4) is 0 Å². The van der Waals surface area contributed by atoms with Crippen LogP contribution in [0.15, 0.2) is 0 Å². The summed E-state index contributed by atoms with van der Waals surface area (Å²) in [4.78, 5) is 9.16. The van der Waals surface area contributed by atoms with Crippen LogP contribution >= 0.6 is 12.2 Å². The summed E-state index contributed by atoms with van der Waals surface area (Å²) in [6.07, 6.45) is 4.64. The minimum absolute atomic E-state index is 0. The molecule has 0 radical (unpaired) electrons. The predicted octanol–water partition coefficient (Wildman–Crippen LogP) is -0.649. The van der Waals surface area contributed by atoms with Gasteiger partial charge in [-0.1, -0.05) is 26.2 Å². The third kappa shape index (κ3) is 14.2. The van der Waals surface area contributed by atoms with Crippen molar-refractivity contribution in [3.05, 3.63) is 0 Å². The zero-order chi connectivity index (χ0) is 8.53. The Balaban J connectivity index is 0. The zero-order valence-corrected chi connectivity index (χ0v) is 12.4. The van der Waals surface area contributed by atoms with E-state index in [0.717, 1.165) is 6.42 Å². The molecule has 0 heterocycles. The number of unbranched alkanes of at least 4 members (excludes halogenated alkanes) is 3. The molecule has 0 N–H and O–H groups in total. The molecule has 0 aromatic carbocycles. The predicted molar refractivity (Wildman–Crippen MR) is 51.1 cm³/mol. The Morgan fingerprint density at radius 3 is 2.50 bits per heavy atom. The van der Waals surface area contributed by atoms with Crippen molar-refractivity contribution in [2.24, 2.45) is 0 Å². The van der Waals surface area contributed by atoms with Gasteiger partial charge in [-0.3, -0.25) is 0 Å². The van der Waals surface area contributed by atoms with Crippen LogP contribution in [0.4, 0.5) is 0 Å². The van der Waals surface area contributed by atoms with Crippen molar-refractivity contribution in [1.29, 1.82) is 0 Å². The van der Waals surface area contributed by atoms with Gasteiger partial charge in [0.05, 0.1) is 11.0 Å². The molecular formula is C7H13KO2S2. The Bertz CT molecular complexity index is 112. The van der Waals surface area contributed by atoms with Crippen LogP contribution in [-0.4, -0.2) is 11.0 Å². The molecule has 0 unspecified atom stereocenters. The van der Waals surface area contributed by atoms with Crippen LogP contribution in [0.1, 0.15) is 32.6 Å². The summed E-state index contributed by atoms with van der Waals surface area (Å²) in [6.45, 7) is 2.74. The van der Waals surface area contributed by atoms with Crippen LogP contribution in [0.2, 0.25) is 0 Å². The molecule has 0 aromatic heterocycles. The molecule has 0 aliphatic heterocycles. The van der Waals surface area contributed by atoms with E-state index >= 15 is 0 Å². The average Bonchev–Trinajstić information content (AvgIpc) is 1.96. The van der Waals surface area contributed by atoms with Crippen molar-refractivity contribution in [2.75, 3.05) is 6.61 Å². The number of hydrogen-bond donors (Lipinski definition) is 0. The summed E-state index contributed by atoms with van der Waals surface area (Å²) in [5, 5.41) is 0. The molecule has 0 aliphatic carbocycles. The van der Waals surface area contributed by atoms with Crippen molar-refractivity contribution in [1.82, 2.24) is 0 Å². The molecule has 0 aliphatic rings. The summed E-state index contributed by atoms with van der Waals surface area (Å²) in [7, 11) is 0. The summed E-state index contributed by atoms with van der Waals surface area (Å²) in [6, 6.07) is 0. The Hall–Kier alpha value is 1.71. The van der Waals surface area contributed by atoms with Gasteiger partial charge in [0, 0.05) is 0 Å². The minimum atomic E-state index is 0. The summed E-state index contributed by atoms with van der Waals surface area (Å²) < 4.78 is 0.0282. The van der Waals surface area contributed by atoms with Gasteiger partial charge in [0.25, 0.3) is 0 Å². The van der Waals surface area contributed by atoms with E-state index in [4.69, 9.17) is 4.89 Å². The van der Waals surface area contributed by atoms with Gasteiger partial charge in [-0.25, -0.2) is 0 Å². The number of thiocarbonyl (C=S) groups is 1. The van der Waals surface area contributed by atoms with Gasteiger partial charge in [0.15, 0.2) is 0 Å².